The van der Waals surface area contributed by atoms with E-state index in [-0.39, 0.29) is 6.61 Å². The molecular formula is C22H31N3O5S. The van der Waals surface area contributed by atoms with E-state index in [1.807, 2.05) is 0 Å². The Labute approximate surface area is 186 Å². The van der Waals surface area contributed by atoms with Gasteiger partial charge in [-0.25, -0.2) is 9.59 Å². The minimum Gasteiger partial charge on any atom is -0.462 e. The van der Waals surface area contributed by atoms with Gasteiger partial charge in [0.1, 0.15) is 17.1 Å². The number of imide groups is 1. The van der Waals surface area contributed by atoms with E-state index in [2.05, 4.69) is 24.5 Å². The number of esters is 1. The van der Waals surface area contributed by atoms with E-state index >= 15 is 0 Å². The number of carbonyl (C=O) groups is 4. The molecule has 2 heterocycles. The summed E-state index contributed by atoms with van der Waals surface area (Å²) < 4.78 is 5.20. The number of nitrogens with one attached hydrogen (secondary N) is 2. The van der Waals surface area contributed by atoms with E-state index in [9.17, 15) is 19.2 Å². The lowest BCUT2D eigenvalue weighted by Crippen LogP contribution is -2.44. The second kappa shape index (κ2) is 9.38. The van der Waals surface area contributed by atoms with Gasteiger partial charge in [-0.3, -0.25) is 14.5 Å². The van der Waals surface area contributed by atoms with Gasteiger partial charge in [0.2, 0.25) is 5.91 Å². The first-order chi connectivity index (χ1) is 14.7. The van der Waals surface area contributed by atoms with Gasteiger partial charge in [0.05, 0.1) is 12.2 Å². The van der Waals surface area contributed by atoms with Gasteiger partial charge in [-0.2, -0.15) is 0 Å². The zero-order chi connectivity index (χ0) is 22.8. The maximum absolute atomic E-state index is 12.8. The number of amides is 4. The molecular weight excluding hydrogens is 418 g/mol. The fraction of sp³-hybridized carbons (Fsp3) is 0.636. The predicted octanol–water partition coefficient (Wildman–Crippen LogP) is 3.49. The molecule has 1 aromatic heterocycles. The van der Waals surface area contributed by atoms with Gasteiger partial charge < -0.3 is 15.4 Å². The summed E-state index contributed by atoms with van der Waals surface area (Å²) in [7, 11) is 0. The van der Waals surface area contributed by atoms with Gasteiger partial charge in [0.15, 0.2) is 0 Å². The molecule has 4 amide bonds. The van der Waals surface area contributed by atoms with Crippen LogP contribution in [-0.2, 0) is 27.2 Å². The third-order valence-electron chi connectivity index (χ3n) is 5.77. The van der Waals surface area contributed by atoms with Crippen LogP contribution in [0, 0.1) is 5.92 Å². The van der Waals surface area contributed by atoms with Crippen molar-refractivity contribution in [1.82, 2.24) is 10.2 Å². The largest absolute Gasteiger partial charge is 0.462 e. The van der Waals surface area contributed by atoms with Crippen LogP contribution in [0.1, 0.15) is 74.2 Å². The van der Waals surface area contributed by atoms with Gasteiger partial charge in [-0.1, -0.05) is 13.8 Å². The molecule has 2 N–H and O–H groups in total. The number of ether oxygens (including phenoxy) is 1. The average molecular weight is 450 g/mol. The van der Waals surface area contributed by atoms with Gasteiger partial charge in [0.25, 0.3) is 5.91 Å². The van der Waals surface area contributed by atoms with Crippen LogP contribution in [0.4, 0.5) is 9.80 Å². The van der Waals surface area contributed by atoms with Crippen LogP contribution in [0.3, 0.4) is 0 Å². The lowest BCUT2D eigenvalue weighted by atomic mass is 9.92. The molecule has 1 unspecified atom stereocenters. The van der Waals surface area contributed by atoms with E-state index in [1.54, 1.807) is 13.8 Å². The fourth-order valence-electron chi connectivity index (χ4n) is 4.02. The summed E-state index contributed by atoms with van der Waals surface area (Å²) in [6.45, 7) is 7.39. The van der Waals surface area contributed by atoms with Crippen molar-refractivity contribution >= 4 is 40.2 Å². The molecule has 0 spiro atoms. The van der Waals surface area contributed by atoms with Crippen molar-refractivity contribution in [3.05, 3.63) is 16.0 Å². The van der Waals surface area contributed by atoms with Crippen molar-refractivity contribution < 1.29 is 23.9 Å². The highest BCUT2D eigenvalue weighted by atomic mass is 32.1. The molecule has 1 aliphatic heterocycles. The van der Waals surface area contributed by atoms with E-state index < -0.39 is 35.9 Å². The smallest absolute Gasteiger partial charge is 0.341 e. The molecule has 1 atom stereocenters. The zero-order valence-electron chi connectivity index (χ0n) is 18.6. The summed E-state index contributed by atoms with van der Waals surface area (Å²) >= 11 is 1.38. The molecule has 3 rings (SSSR count). The quantitative estimate of drug-likeness (QED) is 0.467. The molecule has 170 valence electrons. The van der Waals surface area contributed by atoms with Crippen LogP contribution in [0.25, 0.3) is 0 Å². The fourth-order valence-corrected chi connectivity index (χ4v) is 5.31. The first-order valence-corrected chi connectivity index (χ1v) is 11.7. The summed E-state index contributed by atoms with van der Waals surface area (Å²) in [4.78, 5) is 52.6. The molecule has 9 heteroatoms. The molecule has 1 fully saturated rings. The molecule has 8 nitrogen and oxygen atoms in total. The summed E-state index contributed by atoms with van der Waals surface area (Å²) in [6, 6.07) is -0.567. The Hall–Kier alpha value is -2.42. The topological polar surface area (TPSA) is 105 Å². The number of aryl methyl sites for hydroxylation is 1. The molecule has 1 aliphatic carbocycles. The highest BCUT2D eigenvalue weighted by Crippen LogP contribution is 2.38. The molecule has 0 bridgehead atoms. The molecule has 2 aliphatic rings. The first kappa shape index (κ1) is 23.2. The van der Waals surface area contributed by atoms with Crippen molar-refractivity contribution in [2.24, 2.45) is 5.92 Å². The summed E-state index contributed by atoms with van der Waals surface area (Å²) in [6.07, 6.45) is 4.96. The van der Waals surface area contributed by atoms with Crippen molar-refractivity contribution in [2.75, 3.05) is 18.5 Å². The van der Waals surface area contributed by atoms with Gasteiger partial charge in [0, 0.05) is 4.88 Å². The Balaban J connectivity index is 1.74. The maximum atomic E-state index is 12.8. The normalized spacial score (nSPS) is 20.6. The van der Waals surface area contributed by atoms with E-state index in [0.717, 1.165) is 47.4 Å². The van der Waals surface area contributed by atoms with Crippen molar-refractivity contribution in [3.63, 3.8) is 0 Å². The number of fused-ring (bicyclic) bond motifs is 1. The summed E-state index contributed by atoms with van der Waals surface area (Å²) in [5, 5.41) is 5.92. The highest BCUT2D eigenvalue weighted by molar-refractivity contribution is 7.17. The van der Waals surface area contributed by atoms with Crippen molar-refractivity contribution in [1.29, 1.82) is 0 Å². The van der Waals surface area contributed by atoms with E-state index in [0.29, 0.717) is 22.9 Å². The van der Waals surface area contributed by atoms with Crippen LogP contribution in [-0.4, -0.2) is 47.4 Å². The predicted molar refractivity (Wildman–Crippen MR) is 118 cm³/mol. The minimum absolute atomic E-state index is 0.244. The number of carbonyl (C=O) groups excluding carboxylic acids is 4. The number of rotatable bonds is 8. The Bertz CT molecular complexity index is 894. The number of hydrogen-bond donors (Lipinski definition) is 2. The molecule has 0 radical (unpaired) electrons. The second-order valence-electron chi connectivity index (χ2n) is 8.77. The summed E-state index contributed by atoms with van der Waals surface area (Å²) in [5.74, 6) is -0.969. The molecule has 1 saturated heterocycles. The van der Waals surface area contributed by atoms with Crippen LogP contribution >= 0.6 is 11.3 Å². The maximum Gasteiger partial charge on any atom is 0.341 e. The van der Waals surface area contributed by atoms with Crippen molar-refractivity contribution in [3.8, 4) is 0 Å². The molecule has 0 saturated carbocycles. The van der Waals surface area contributed by atoms with Crippen LogP contribution in [0.5, 0.6) is 0 Å². The molecule has 1 aromatic rings. The lowest BCUT2D eigenvalue weighted by molar-refractivity contribution is -0.133. The van der Waals surface area contributed by atoms with Crippen LogP contribution in [0.15, 0.2) is 0 Å². The third-order valence-corrected chi connectivity index (χ3v) is 6.98. The number of thiophene rings is 1. The monoisotopic (exact) mass is 449 g/mol. The zero-order valence-corrected chi connectivity index (χ0v) is 19.4. The third kappa shape index (κ3) is 4.92. The van der Waals surface area contributed by atoms with Gasteiger partial charge in [-0.15, -0.1) is 11.3 Å². The molecule has 31 heavy (non-hydrogen) atoms. The number of anilines is 1. The SMILES string of the molecule is CCOC(=O)c1c(NC(=O)CN2C(=O)NC(C)(CCC(C)C)C2=O)sc2c1CCCC2. The Morgan fingerprint density at radius 3 is 2.65 bits per heavy atom. The summed E-state index contributed by atoms with van der Waals surface area (Å²) in [5.41, 5.74) is 0.356. The first-order valence-electron chi connectivity index (χ1n) is 10.9. The standard InChI is InChI=1S/C22H31N3O5S/c1-5-30-19(27)17-14-8-6-7-9-15(14)31-18(17)23-16(26)12-25-20(28)22(4,24-21(25)29)11-10-13(2)3/h13H,5-12H2,1-4H3,(H,23,26)(H,24,29). The number of urea groups is 1. The second-order valence-corrected chi connectivity index (χ2v) is 9.87. The van der Waals surface area contributed by atoms with E-state index in [4.69, 9.17) is 4.74 Å². The Morgan fingerprint density at radius 1 is 1.26 bits per heavy atom. The van der Waals surface area contributed by atoms with Gasteiger partial charge >= 0.3 is 12.0 Å². The Kier molecular flexibility index (Phi) is 7.03. The van der Waals surface area contributed by atoms with Crippen molar-refractivity contribution in [2.45, 2.75) is 71.8 Å². The minimum atomic E-state index is -1.00. The van der Waals surface area contributed by atoms with E-state index in [1.165, 1.54) is 11.3 Å². The van der Waals surface area contributed by atoms with Crippen LogP contribution in [0.2, 0.25) is 0 Å². The average Bonchev–Trinajstić information content (AvgIpc) is 3.16. The molecule has 0 aromatic carbocycles. The number of nitrogens with zero attached hydrogens (tertiary/aromatic N) is 1. The van der Waals surface area contributed by atoms with Gasteiger partial charge in [-0.05, 0) is 63.9 Å². The van der Waals surface area contributed by atoms with Crippen LogP contribution < -0.4 is 10.6 Å². The Morgan fingerprint density at radius 2 is 1.97 bits per heavy atom. The highest BCUT2D eigenvalue weighted by Gasteiger charge is 2.48. The number of hydrogen-bond acceptors (Lipinski definition) is 6. The lowest BCUT2D eigenvalue weighted by Gasteiger charge is -2.22.